The van der Waals surface area contributed by atoms with Gasteiger partial charge in [0.25, 0.3) is 0 Å². The number of piperazine rings is 1. The van der Waals surface area contributed by atoms with Crippen molar-refractivity contribution in [2.75, 3.05) is 49.2 Å². The van der Waals surface area contributed by atoms with E-state index >= 15 is 0 Å². The molecule has 8 heteroatoms. The predicted molar refractivity (Wildman–Crippen MR) is 143 cm³/mol. The van der Waals surface area contributed by atoms with Crippen LogP contribution in [0, 0.1) is 6.92 Å². The van der Waals surface area contributed by atoms with Gasteiger partial charge in [-0.2, -0.15) is 0 Å². The fraction of sp³-hybridized carbons (Fsp3) is 0.407. The van der Waals surface area contributed by atoms with E-state index < -0.39 is 9.84 Å². The third kappa shape index (κ3) is 7.02. The molecule has 1 N–H and O–H groups in total. The van der Waals surface area contributed by atoms with Crippen LogP contribution in [0.5, 0.6) is 0 Å². The van der Waals surface area contributed by atoms with Crippen LogP contribution in [0.15, 0.2) is 54.7 Å². The number of anilines is 3. The highest BCUT2D eigenvalue weighted by Crippen LogP contribution is 2.22. The lowest BCUT2D eigenvalue weighted by Gasteiger charge is -2.34. The van der Waals surface area contributed by atoms with E-state index in [2.05, 4.69) is 51.4 Å². The minimum absolute atomic E-state index is 0.0777. The second-order valence-corrected chi connectivity index (χ2v) is 11.6. The zero-order valence-electron chi connectivity index (χ0n) is 20.9. The molecule has 0 atom stereocenters. The van der Waals surface area contributed by atoms with Gasteiger partial charge in [-0.3, -0.25) is 0 Å². The molecule has 0 radical (unpaired) electrons. The molecule has 0 unspecified atom stereocenters. The third-order valence-electron chi connectivity index (χ3n) is 6.33. The summed E-state index contributed by atoms with van der Waals surface area (Å²) >= 11 is 0. The molecule has 2 heterocycles. The Bertz CT molecular complexity index is 1240. The van der Waals surface area contributed by atoms with E-state index in [0.717, 1.165) is 54.3 Å². The van der Waals surface area contributed by atoms with Crippen LogP contribution in [0.3, 0.4) is 0 Å². The van der Waals surface area contributed by atoms with Crippen LogP contribution in [-0.2, 0) is 22.0 Å². The number of nitrogens with zero attached hydrogens (tertiary/aromatic N) is 4. The van der Waals surface area contributed by atoms with Crippen LogP contribution in [0.2, 0.25) is 0 Å². The number of hydrogen-bond acceptors (Lipinski definition) is 7. The Morgan fingerprint density at radius 1 is 1.00 bits per heavy atom. The summed E-state index contributed by atoms with van der Waals surface area (Å²) in [4.78, 5) is 14.0. The number of rotatable bonds is 9. The van der Waals surface area contributed by atoms with Crippen LogP contribution >= 0.6 is 0 Å². The first-order valence-corrected chi connectivity index (χ1v) is 14.0. The van der Waals surface area contributed by atoms with Crippen LogP contribution < -0.4 is 10.2 Å². The fourth-order valence-electron chi connectivity index (χ4n) is 4.33. The molecule has 186 valence electrons. The quantitative estimate of drug-likeness (QED) is 0.479. The lowest BCUT2D eigenvalue weighted by Crippen LogP contribution is -2.44. The van der Waals surface area contributed by atoms with E-state index in [4.69, 9.17) is 4.98 Å². The molecule has 1 saturated heterocycles. The van der Waals surface area contributed by atoms with Gasteiger partial charge in [0.05, 0.1) is 17.2 Å². The minimum atomic E-state index is -3.08. The molecule has 0 spiro atoms. The first-order valence-electron chi connectivity index (χ1n) is 12.2. The molecule has 35 heavy (non-hydrogen) atoms. The van der Waals surface area contributed by atoms with Crippen molar-refractivity contribution < 1.29 is 8.42 Å². The maximum Gasteiger partial charge on any atom is 0.227 e. The van der Waals surface area contributed by atoms with Gasteiger partial charge in [-0.1, -0.05) is 31.2 Å². The number of nitrogens with one attached hydrogen (secondary N) is 1. The molecule has 1 aliphatic rings. The van der Waals surface area contributed by atoms with Gasteiger partial charge in [-0.05, 0) is 61.3 Å². The van der Waals surface area contributed by atoms with Crippen LogP contribution in [0.4, 0.5) is 17.3 Å². The highest BCUT2D eigenvalue weighted by Gasteiger charge is 2.15. The highest BCUT2D eigenvalue weighted by molar-refractivity contribution is 7.90. The number of aryl methyl sites for hydroxylation is 1. The predicted octanol–water partition coefficient (Wildman–Crippen LogP) is 4.20. The largest absolute Gasteiger partial charge is 0.369 e. The number of hydrogen-bond donors (Lipinski definition) is 1. The third-order valence-corrected chi connectivity index (χ3v) is 8.14. The Kier molecular flexibility index (Phi) is 8.03. The standard InChI is InChI=1S/C27H35N5O2S/c1-4-16-35(33,34)20-23-7-5-6-22(17-23)18-26-21(2)19-28-27(30-26)29-24-8-10-25(11-9-24)32-14-12-31(3)13-15-32/h5-11,17,19H,4,12-16,18,20H2,1-3H3,(H,28,29,30). The molecule has 0 amide bonds. The van der Waals surface area contributed by atoms with Crippen molar-refractivity contribution >= 4 is 27.2 Å². The van der Waals surface area contributed by atoms with E-state index in [0.29, 0.717) is 18.8 Å². The van der Waals surface area contributed by atoms with Crippen LogP contribution in [-0.4, -0.2) is 62.3 Å². The average molecular weight is 494 g/mol. The summed E-state index contributed by atoms with van der Waals surface area (Å²) in [6.07, 6.45) is 3.09. The van der Waals surface area contributed by atoms with Gasteiger partial charge in [-0.25, -0.2) is 18.4 Å². The van der Waals surface area contributed by atoms with Gasteiger partial charge >= 0.3 is 0 Å². The van der Waals surface area contributed by atoms with Gasteiger partial charge in [0.15, 0.2) is 9.84 Å². The maximum absolute atomic E-state index is 12.2. The molecule has 0 saturated carbocycles. The smallest absolute Gasteiger partial charge is 0.227 e. The molecule has 3 aromatic rings. The summed E-state index contributed by atoms with van der Waals surface area (Å²) < 4.78 is 24.5. The maximum atomic E-state index is 12.2. The molecule has 7 nitrogen and oxygen atoms in total. The lowest BCUT2D eigenvalue weighted by molar-refractivity contribution is 0.313. The molecule has 2 aromatic carbocycles. The Labute approximate surface area is 209 Å². The lowest BCUT2D eigenvalue weighted by atomic mass is 10.0. The van der Waals surface area contributed by atoms with Crippen molar-refractivity contribution in [3.63, 3.8) is 0 Å². The highest BCUT2D eigenvalue weighted by atomic mass is 32.2. The van der Waals surface area contributed by atoms with E-state index in [9.17, 15) is 8.42 Å². The van der Waals surface area contributed by atoms with Gasteiger partial charge < -0.3 is 15.1 Å². The van der Waals surface area contributed by atoms with Gasteiger partial charge in [0, 0.05) is 50.2 Å². The summed E-state index contributed by atoms with van der Waals surface area (Å²) in [5, 5.41) is 3.32. The Morgan fingerprint density at radius 3 is 2.43 bits per heavy atom. The SMILES string of the molecule is CCCS(=O)(=O)Cc1cccc(Cc2nc(Nc3ccc(N4CCN(C)CC4)cc3)ncc2C)c1. The molecular formula is C27H35N5O2S. The summed E-state index contributed by atoms with van der Waals surface area (Å²) in [7, 11) is -0.916. The first kappa shape index (κ1) is 25.1. The molecule has 1 fully saturated rings. The Morgan fingerprint density at radius 2 is 1.71 bits per heavy atom. The fourth-order valence-corrected chi connectivity index (χ4v) is 5.78. The minimum Gasteiger partial charge on any atom is -0.369 e. The van der Waals surface area contributed by atoms with E-state index in [1.165, 1.54) is 5.69 Å². The Hall–Kier alpha value is -2.97. The van der Waals surface area contributed by atoms with Crippen molar-refractivity contribution in [2.45, 2.75) is 32.4 Å². The second kappa shape index (κ2) is 11.2. The van der Waals surface area contributed by atoms with Gasteiger partial charge in [0.2, 0.25) is 5.95 Å². The Balaban J connectivity index is 1.43. The number of sulfone groups is 1. The molecule has 0 bridgehead atoms. The van der Waals surface area contributed by atoms with Gasteiger partial charge in [-0.15, -0.1) is 0 Å². The first-order chi connectivity index (χ1) is 16.8. The summed E-state index contributed by atoms with van der Waals surface area (Å²) in [5.41, 5.74) is 5.96. The van der Waals surface area contributed by atoms with Crippen molar-refractivity contribution in [2.24, 2.45) is 0 Å². The van der Waals surface area contributed by atoms with Crippen LogP contribution in [0.25, 0.3) is 0 Å². The number of benzene rings is 2. The van der Waals surface area contributed by atoms with E-state index in [-0.39, 0.29) is 11.5 Å². The molecule has 1 aromatic heterocycles. The average Bonchev–Trinajstić information content (AvgIpc) is 2.82. The van der Waals surface area contributed by atoms with E-state index in [1.54, 1.807) is 0 Å². The van der Waals surface area contributed by atoms with Crippen molar-refractivity contribution in [3.8, 4) is 0 Å². The van der Waals surface area contributed by atoms with Crippen molar-refractivity contribution in [3.05, 3.63) is 77.1 Å². The molecule has 1 aliphatic heterocycles. The zero-order chi connectivity index (χ0) is 24.8. The molecule has 0 aliphatic carbocycles. The van der Waals surface area contributed by atoms with Gasteiger partial charge in [0.1, 0.15) is 0 Å². The number of aromatic nitrogens is 2. The summed E-state index contributed by atoms with van der Waals surface area (Å²) in [5.74, 6) is 0.849. The summed E-state index contributed by atoms with van der Waals surface area (Å²) in [6.45, 7) is 8.13. The summed E-state index contributed by atoms with van der Waals surface area (Å²) in [6, 6.07) is 16.2. The van der Waals surface area contributed by atoms with Crippen molar-refractivity contribution in [1.82, 2.24) is 14.9 Å². The second-order valence-electron chi connectivity index (χ2n) is 9.37. The molecule has 4 rings (SSSR count). The topological polar surface area (TPSA) is 78.4 Å². The monoisotopic (exact) mass is 493 g/mol. The van der Waals surface area contributed by atoms with Crippen molar-refractivity contribution in [1.29, 1.82) is 0 Å². The zero-order valence-corrected chi connectivity index (χ0v) is 21.7. The van der Waals surface area contributed by atoms with E-state index in [1.807, 2.05) is 44.3 Å². The number of likely N-dealkylation sites (N-methyl/N-ethyl adjacent to an activating group) is 1. The normalized spacial score (nSPS) is 14.8. The molecular weight excluding hydrogens is 458 g/mol. The van der Waals surface area contributed by atoms with Crippen LogP contribution in [0.1, 0.15) is 35.7 Å².